The summed E-state index contributed by atoms with van der Waals surface area (Å²) in [7, 11) is 0. The average molecular weight is 279 g/mol. The number of piperidine rings is 1. The smallest absolute Gasteiger partial charge is 0.258 e. The molecular formula is C15H22FN3O. The standard InChI is InChI=1S/C15H22FN3O/c1-4-17-14-13(8-12(16)9-18-14)15(20)19-10(2)6-5-7-11(19)3/h8-11H,4-7H2,1-3H3,(H,17,18)/t10-,11+. The molecule has 1 aliphatic heterocycles. The average Bonchev–Trinajstić information content (AvgIpc) is 2.40. The molecular weight excluding hydrogens is 257 g/mol. The minimum atomic E-state index is -0.479. The maximum atomic E-state index is 13.4. The molecule has 1 saturated heterocycles. The summed E-state index contributed by atoms with van der Waals surface area (Å²) >= 11 is 0. The number of anilines is 1. The first kappa shape index (κ1) is 14.8. The third-order valence-corrected chi connectivity index (χ3v) is 3.86. The lowest BCUT2D eigenvalue weighted by Crippen LogP contribution is -2.47. The molecule has 5 heteroatoms. The second-order valence-electron chi connectivity index (χ2n) is 5.42. The van der Waals surface area contributed by atoms with Gasteiger partial charge in [0.1, 0.15) is 11.6 Å². The quantitative estimate of drug-likeness (QED) is 0.925. The van der Waals surface area contributed by atoms with Crippen molar-refractivity contribution in [3.05, 3.63) is 23.6 Å². The Morgan fingerprint density at radius 2 is 2.10 bits per heavy atom. The largest absolute Gasteiger partial charge is 0.370 e. The molecule has 4 nitrogen and oxygen atoms in total. The Bertz CT molecular complexity index is 482. The van der Waals surface area contributed by atoms with E-state index >= 15 is 0 Å². The molecule has 0 radical (unpaired) electrons. The van der Waals surface area contributed by atoms with Gasteiger partial charge >= 0.3 is 0 Å². The van der Waals surface area contributed by atoms with Gasteiger partial charge < -0.3 is 10.2 Å². The molecule has 2 atom stereocenters. The maximum Gasteiger partial charge on any atom is 0.258 e. The number of nitrogens with zero attached hydrogens (tertiary/aromatic N) is 2. The predicted molar refractivity (Wildman–Crippen MR) is 77.3 cm³/mol. The van der Waals surface area contributed by atoms with Gasteiger partial charge in [0.05, 0.1) is 11.8 Å². The van der Waals surface area contributed by atoms with Crippen molar-refractivity contribution in [3.63, 3.8) is 0 Å². The molecule has 1 N–H and O–H groups in total. The minimum absolute atomic E-state index is 0.132. The van der Waals surface area contributed by atoms with E-state index in [0.717, 1.165) is 25.5 Å². The van der Waals surface area contributed by atoms with Gasteiger partial charge in [-0.05, 0) is 46.1 Å². The van der Waals surface area contributed by atoms with Gasteiger partial charge in [0.25, 0.3) is 5.91 Å². The molecule has 0 aromatic carbocycles. The summed E-state index contributed by atoms with van der Waals surface area (Å²) in [6.07, 6.45) is 4.26. The fourth-order valence-electron chi connectivity index (χ4n) is 2.87. The molecule has 110 valence electrons. The zero-order valence-electron chi connectivity index (χ0n) is 12.3. The van der Waals surface area contributed by atoms with Crippen molar-refractivity contribution in [2.24, 2.45) is 0 Å². The molecule has 0 spiro atoms. The summed E-state index contributed by atoms with van der Waals surface area (Å²) < 4.78 is 13.4. The van der Waals surface area contributed by atoms with Crippen LogP contribution < -0.4 is 5.32 Å². The summed E-state index contributed by atoms with van der Waals surface area (Å²) in [4.78, 5) is 18.6. The number of aromatic nitrogens is 1. The minimum Gasteiger partial charge on any atom is -0.370 e. The van der Waals surface area contributed by atoms with Gasteiger partial charge in [0.15, 0.2) is 0 Å². The van der Waals surface area contributed by atoms with Crippen molar-refractivity contribution in [2.45, 2.75) is 52.1 Å². The van der Waals surface area contributed by atoms with Crippen LogP contribution in [0.3, 0.4) is 0 Å². The normalized spacial score (nSPS) is 22.7. The Morgan fingerprint density at radius 1 is 1.45 bits per heavy atom. The molecule has 1 aromatic heterocycles. The van der Waals surface area contributed by atoms with Crippen LogP contribution >= 0.6 is 0 Å². The number of amides is 1. The second-order valence-corrected chi connectivity index (χ2v) is 5.42. The van der Waals surface area contributed by atoms with Gasteiger partial charge in [-0.15, -0.1) is 0 Å². The van der Waals surface area contributed by atoms with Gasteiger partial charge in [-0.2, -0.15) is 0 Å². The van der Waals surface area contributed by atoms with E-state index in [1.165, 1.54) is 6.07 Å². The third kappa shape index (κ3) is 2.92. The van der Waals surface area contributed by atoms with Crippen molar-refractivity contribution in [3.8, 4) is 0 Å². The molecule has 0 bridgehead atoms. The highest BCUT2D eigenvalue weighted by Gasteiger charge is 2.31. The highest BCUT2D eigenvalue weighted by molar-refractivity contribution is 5.99. The topological polar surface area (TPSA) is 45.2 Å². The number of halogens is 1. The SMILES string of the molecule is CCNc1ncc(F)cc1C(=O)N1[C@H](C)CCC[C@@H]1C. The summed E-state index contributed by atoms with van der Waals surface area (Å²) in [6, 6.07) is 1.65. The van der Waals surface area contributed by atoms with Crippen LogP contribution in [0, 0.1) is 5.82 Å². The van der Waals surface area contributed by atoms with Gasteiger partial charge in [0.2, 0.25) is 0 Å². The van der Waals surface area contributed by atoms with E-state index in [9.17, 15) is 9.18 Å². The van der Waals surface area contributed by atoms with Crippen LogP contribution in [-0.2, 0) is 0 Å². The fourth-order valence-corrected chi connectivity index (χ4v) is 2.87. The fraction of sp³-hybridized carbons (Fsp3) is 0.600. The Labute approximate surface area is 119 Å². The first-order valence-corrected chi connectivity index (χ1v) is 7.26. The van der Waals surface area contributed by atoms with E-state index in [-0.39, 0.29) is 18.0 Å². The van der Waals surface area contributed by atoms with Gasteiger partial charge in [-0.3, -0.25) is 4.79 Å². The Kier molecular flexibility index (Phi) is 4.57. The Morgan fingerprint density at radius 3 is 2.70 bits per heavy atom. The second kappa shape index (κ2) is 6.20. The Balaban J connectivity index is 2.34. The number of nitrogens with one attached hydrogen (secondary N) is 1. The molecule has 1 aliphatic rings. The number of likely N-dealkylation sites (tertiary alicyclic amines) is 1. The van der Waals surface area contributed by atoms with Crippen LogP contribution in [0.25, 0.3) is 0 Å². The van der Waals surface area contributed by atoms with Gasteiger partial charge in [-0.1, -0.05) is 0 Å². The first-order valence-electron chi connectivity index (χ1n) is 7.26. The van der Waals surface area contributed by atoms with E-state index in [1.54, 1.807) is 0 Å². The molecule has 1 amide bonds. The third-order valence-electron chi connectivity index (χ3n) is 3.86. The molecule has 0 aliphatic carbocycles. The van der Waals surface area contributed by atoms with Crippen molar-refractivity contribution >= 4 is 11.7 Å². The van der Waals surface area contributed by atoms with E-state index in [4.69, 9.17) is 0 Å². The summed E-state index contributed by atoms with van der Waals surface area (Å²) in [5, 5.41) is 3.03. The van der Waals surface area contributed by atoms with E-state index in [0.29, 0.717) is 17.9 Å². The van der Waals surface area contributed by atoms with Crippen LogP contribution in [0.4, 0.5) is 10.2 Å². The first-order chi connectivity index (χ1) is 9.54. The van der Waals surface area contributed by atoms with Gasteiger partial charge in [0, 0.05) is 18.6 Å². The van der Waals surface area contributed by atoms with Gasteiger partial charge in [-0.25, -0.2) is 9.37 Å². The number of hydrogen-bond donors (Lipinski definition) is 1. The Hall–Kier alpha value is -1.65. The van der Waals surface area contributed by atoms with Crippen LogP contribution in [0.15, 0.2) is 12.3 Å². The van der Waals surface area contributed by atoms with Crippen molar-refractivity contribution in [1.82, 2.24) is 9.88 Å². The van der Waals surface area contributed by atoms with E-state index in [1.807, 2.05) is 25.7 Å². The molecule has 2 rings (SSSR count). The molecule has 0 unspecified atom stereocenters. The van der Waals surface area contributed by atoms with Crippen LogP contribution in [-0.4, -0.2) is 34.4 Å². The lowest BCUT2D eigenvalue weighted by Gasteiger charge is -2.39. The lowest BCUT2D eigenvalue weighted by molar-refractivity contribution is 0.0511. The summed E-state index contributed by atoms with van der Waals surface area (Å²) in [6.45, 7) is 6.66. The molecule has 1 aromatic rings. The molecule has 0 saturated carbocycles. The van der Waals surface area contributed by atoms with Crippen LogP contribution in [0.5, 0.6) is 0 Å². The van der Waals surface area contributed by atoms with Crippen molar-refractivity contribution < 1.29 is 9.18 Å². The number of carbonyl (C=O) groups is 1. The van der Waals surface area contributed by atoms with Crippen LogP contribution in [0.2, 0.25) is 0 Å². The van der Waals surface area contributed by atoms with Crippen LogP contribution in [0.1, 0.15) is 50.4 Å². The monoisotopic (exact) mass is 279 g/mol. The maximum absolute atomic E-state index is 13.4. The molecule has 20 heavy (non-hydrogen) atoms. The number of hydrogen-bond acceptors (Lipinski definition) is 3. The zero-order chi connectivity index (χ0) is 14.7. The highest BCUT2D eigenvalue weighted by atomic mass is 19.1. The predicted octanol–water partition coefficient (Wildman–Crippen LogP) is 3.06. The van der Waals surface area contributed by atoms with Crippen molar-refractivity contribution in [2.75, 3.05) is 11.9 Å². The molecule has 2 heterocycles. The zero-order valence-corrected chi connectivity index (χ0v) is 12.3. The number of carbonyl (C=O) groups excluding carboxylic acids is 1. The van der Waals surface area contributed by atoms with E-state index in [2.05, 4.69) is 10.3 Å². The van der Waals surface area contributed by atoms with E-state index < -0.39 is 5.82 Å². The highest BCUT2D eigenvalue weighted by Crippen LogP contribution is 2.26. The number of pyridine rings is 1. The lowest BCUT2D eigenvalue weighted by atomic mass is 9.96. The molecule has 1 fully saturated rings. The summed E-state index contributed by atoms with van der Waals surface area (Å²) in [5.41, 5.74) is 0.326. The number of rotatable bonds is 3. The van der Waals surface area contributed by atoms with Crippen molar-refractivity contribution in [1.29, 1.82) is 0 Å². The summed E-state index contributed by atoms with van der Waals surface area (Å²) in [5.74, 6) is -0.149.